The first-order valence-corrected chi connectivity index (χ1v) is 11.8. The predicted octanol–water partition coefficient (Wildman–Crippen LogP) is 2.54. The summed E-state index contributed by atoms with van der Waals surface area (Å²) in [6.07, 6.45) is 2.46. The van der Waals surface area contributed by atoms with Crippen molar-refractivity contribution >= 4 is 27.4 Å². The molecule has 2 aromatic rings. The molecular formula is C21H25FN4O3S. The molecule has 2 amide bonds. The number of fused-ring (bicyclic) bond motifs is 1. The number of urea groups is 1. The Morgan fingerprint density at radius 2 is 1.93 bits per heavy atom. The second-order valence-corrected chi connectivity index (χ2v) is 9.57. The van der Waals surface area contributed by atoms with Gasteiger partial charge in [-0.3, -0.25) is 4.72 Å². The van der Waals surface area contributed by atoms with Gasteiger partial charge in [-0.15, -0.1) is 0 Å². The molecule has 1 atom stereocenters. The zero-order valence-corrected chi connectivity index (χ0v) is 17.6. The van der Waals surface area contributed by atoms with Gasteiger partial charge in [0, 0.05) is 32.2 Å². The summed E-state index contributed by atoms with van der Waals surface area (Å²) in [6, 6.07) is 11.9. The number of anilines is 2. The van der Waals surface area contributed by atoms with Crippen molar-refractivity contribution in [2.45, 2.75) is 25.4 Å². The minimum absolute atomic E-state index is 0.0447. The predicted molar refractivity (Wildman–Crippen MR) is 115 cm³/mol. The summed E-state index contributed by atoms with van der Waals surface area (Å²) >= 11 is 0. The standard InChI is InChI=1S/C21H25FN4O3S/c1-30(28,29)24-19-7-4-5-15-13-26(12-10-17(15)19)21(27)23-16-9-11-25(14-16)20-8-3-2-6-18(20)22/h2-8,16,24H,9-14H2,1H3,(H,23,27). The first kappa shape index (κ1) is 20.5. The largest absolute Gasteiger partial charge is 0.367 e. The van der Waals surface area contributed by atoms with E-state index in [1.807, 2.05) is 17.0 Å². The van der Waals surface area contributed by atoms with E-state index >= 15 is 0 Å². The molecule has 2 N–H and O–H groups in total. The molecule has 0 bridgehead atoms. The van der Waals surface area contributed by atoms with E-state index in [9.17, 15) is 17.6 Å². The third-order valence-electron chi connectivity index (χ3n) is 5.56. The van der Waals surface area contributed by atoms with Crippen LogP contribution in [0.3, 0.4) is 0 Å². The quantitative estimate of drug-likeness (QED) is 0.778. The van der Waals surface area contributed by atoms with Crippen LogP contribution in [0.5, 0.6) is 0 Å². The number of amides is 2. The summed E-state index contributed by atoms with van der Waals surface area (Å²) < 4.78 is 39.8. The highest BCUT2D eigenvalue weighted by Crippen LogP contribution is 2.27. The number of nitrogens with one attached hydrogen (secondary N) is 2. The molecule has 2 aliphatic rings. The zero-order valence-electron chi connectivity index (χ0n) is 16.8. The monoisotopic (exact) mass is 432 g/mol. The van der Waals surface area contributed by atoms with Crippen molar-refractivity contribution in [2.75, 3.05) is 35.5 Å². The molecule has 0 aliphatic carbocycles. The van der Waals surface area contributed by atoms with Crippen LogP contribution in [0, 0.1) is 5.82 Å². The fourth-order valence-electron chi connectivity index (χ4n) is 4.15. The molecule has 0 saturated carbocycles. The van der Waals surface area contributed by atoms with Gasteiger partial charge in [0.2, 0.25) is 10.0 Å². The lowest BCUT2D eigenvalue weighted by atomic mass is 9.98. The normalized spacial score (nSPS) is 18.8. The second-order valence-electron chi connectivity index (χ2n) is 7.82. The van der Waals surface area contributed by atoms with Crippen LogP contribution in [0.15, 0.2) is 42.5 Å². The summed E-state index contributed by atoms with van der Waals surface area (Å²) in [5.41, 5.74) is 3.00. The highest BCUT2D eigenvalue weighted by molar-refractivity contribution is 7.92. The number of hydrogen-bond donors (Lipinski definition) is 2. The molecule has 30 heavy (non-hydrogen) atoms. The molecular weight excluding hydrogens is 407 g/mol. The van der Waals surface area contributed by atoms with Gasteiger partial charge in [0.15, 0.2) is 0 Å². The molecule has 7 nitrogen and oxygen atoms in total. The Balaban J connectivity index is 1.38. The highest BCUT2D eigenvalue weighted by Gasteiger charge is 2.29. The van der Waals surface area contributed by atoms with Crippen LogP contribution in [0.25, 0.3) is 0 Å². The smallest absolute Gasteiger partial charge is 0.317 e. The summed E-state index contributed by atoms with van der Waals surface area (Å²) in [7, 11) is -3.36. The third-order valence-corrected chi connectivity index (χ3v) is 6.15. The van der Waals surface area contributed by atoms with Crippen molar-refractivity contribution in [3.8, 4) is 0 Å². The number of carbonyl (C=O) groups is 1. The van der Waals surface area contributed by atoms with Crippen LogP contribution in [0.2, 0.25) is 0 Å². The molecule has 1 unspecified atom stereocenters. The van der Waals surface area contributed by atoms with E-state index < -0.39 is 10.0 Å². The van der Waals surface area contributed by atoms with Crippen LogP contribution in [-0.2, 0) is 23.0 Å². The second kappa shape index (κ2) is 8.14. The van der Waals surface area contributed by atoms with Crippen LogP contribution in [-0.4, -0.2) is 51.3 Å². The molecule has 4 rings (SSSR count). The molecule has 2 aromatic carbocycles. The van der Waals surface area contributed by atoms with Gasteiger partial charge >= 0.3 is 6.03 Å². The fourth-order valence-corrected chi connectivity index (χ4v) is 4.74. The lowest BCUT2D eigenvalue weighted by Crippen LogP contribution is -2.47. The Hall–Kier alpha value is -2.81. The number of carbonyl (C=O) groups excluding carboxylic acids is 1. The van der Waals surface area contributed by atoms with Crippen molar-refractivity contribution in [3.05, 3.63) is 59.4 Å². The van der Waals surface area contributed by atoms with E-state index in [1.54, 1.807) is 29.2 Å². The minimum Gasteiger partial charge on any atom is -0.367 e. The molecule has 1 fully saturated rings. The molecule has 2 heterocycles. The maximum absolute atomic E-state index is 14.0. The van der Waals surface area contributed by atoms with Gasteiger partial charge in [-0.2, -0.15) is 0 Å². The molecule has 0 radical (unpaired) electrons. The molecule has 1 saturated heterocycles. The summed E-state index contributed by atoms with van der Waals surface area (Å²) in [5, 5.41) is 3.06. The van der Waals surface area contributed by atoms with Gasteiger partial charge < -0.3 is 15.1 Å². The van der Waals surface area contributed by atoms with Gasteiger partial charge in [0.25, 0.3) is 0 Å². The van der Waals surface area contributed by atoms with E-state index in [1.165, 1.54) is 6.07 Å². The fraction of sp³-hybridized carbons (Fsp3) is 0.381. The Bertz CT molecular complexity index is 1060. The van der Waals surface area contributed by atoms with Gasteiger partial charge in [0.05, 0.1) is 17.6 Å². The van der Waals surface area contributed by atoms with E-state index in [4.69, 9.17) is 0 Å². The zero-order chi connectivity index (χ0) is 21.3. The SMILES string of the molecule is CS(=O)(=O)Nc1cccc2c1CCN(C(=O)NC1CCN(c3ccccc3F)C1)C2. The van der Waals surface area contributed by atoms with Crippen molar-refractivity contribution in [3.63, 3.8) is 0 Å². The average molecular weight is 433 g/mol. The molecule has 2 aliphatic heterocycles. The van der Waals surface area contributed by atoms with Gasteiger partial charge in [-0.1, -0.05) is 24.3 Å². The van der Waals surface area contributed by atoms with Crippen molar-refractivity contribution < 1.29 is 17.6 Å². The van der Waals surface area contributed by atoms with Gasteiger partial charge in [0.1, 0.15) is 5.82 Å². The maximum atomic E-state index is 14.0. The molecule has 0 aromatic heterocycles. The lowest BCUT2D eigenvalue weighted by molar-refractivity contribution is 0.189. The topological polar surface area (TPSA) is 81.8 Å². The van der Waals surface area contributed by atoms with Crippen molar-refractivity contribution in [2.24, 2.45) is 0 Å². The van der Waals surface area contributed by atoms with E-state index in [0.717, 1.165) is 23.8 Å². The van der Waals surface area contributed by atoms with E-state index in [-0.39, 0.29) is 17.9 Å². The number of rotatable bonds is 4. The van der Waals surface area contributed by atoms with Crippen LogP contribution < -0.4 is 14.9 Å². The Kier molecular flexibility index (Phi) is 5.55. The van der Waals surface area contributed by atoms with Gasteiger partial charge in [-0.25, -0.2) is 17.6 Å². The maximum Gasteiger partial charge on any atom is 0.317 e. The van der Waals surface area contributed by atoms with Crippen molar-refractivity contribution in [1.82, 2.24) is 10.2 Å². The summed E-state index contributed by atoms with van der Waals surface area (Å²) in [6.45, 7) is 2.18. The lowest BCUT2D eigenvalue weighted by Gasteiger charge is -2.31. The number of hydrogen-bond acceptors (Lipinski definition) is 4. The first-order valence-electron chi connectivity index (χ1n) is 9.93. The van der Waals surface area contributed by atoms with Crippen LogP contribution >= 0.6 is 0 Å². The Morgan fingerprint density at radius 1 is 1.13 bits per heavy atom. The van der Waals surface area contributed by atoms with Crippen LogP contribution in [0.1, 0.15) is 17.5 Å². The van der Waals surface area contributed by atoms with E-state index in [2.05, 4.69) is 10.0 Å². The number of halogens is 1. The third kappa shape index (κ3) is 4.51. The van der Waals surface area contributed by atoms with Crippen molar-refractivity contribution in [1.29, 1.82) is 0 Å². The summed E-state index contributed by atoms with van der Waals surface area (Å²) in [4.78, 5) is 16.5. The number of benzene rings is 2. The molecule has 160 valence electrons. The van der Waals surface area contributed by atoms with E-state index in [0.29, 0.717) is 44.0 Å². The Labute approximate surface area is 175 Å². The summed E-state index contributed by atoms with van der Waals surface area (Å²) in [5.74, 6) is -0.254. The minimum atomic E-state index is -3.36. The number of para-hydroxylation sites is 1. The molecule has 0 spiro atoms. The highest BCUT2D eigenvalue weighted by atomic mass is 32.2. The molecule has 9 heteroatoms. The number of sulfonamides is 1. The number of nitrogens with zero attached hydrogens (tertiary/aromatic N) is 2. The van der Waals surface area contributed by atoms with Crippen LogP contribution in [0.4, 0.5) is 20.6 Å². The Morgan fingerprint density at radius 3 is 2.70 bits per heavy atom. The van der Waals surface area contributed by atoms with Gasteiger partial charge in [-0.05, 0) is 42.2 Å². The average Bonchev–Trinajstić information content (AvgIpc) is 3.15. The first-order chi connectivity index (χ1) is 14.3.